The molecular weight excluding hydrogens is 180 g/mol. The van der Waals surface area contributed by atoms with Gasteiger partial charge in [-0.3, -0.25) is 0 Å². The minimum atomic E-state index is -0.533. The Hall–Kier alpha value is 0.170. The van der Waals surface area contributed by atoms with Crippen LogP contribution in [0.4, 0.5) is 0 Å². The lowest BCUT2D eigenvalue weighted by molar-refractivity contribution is 0.0285. The van der Waals surface area contributed by atoms with E-state index in [2.05, 4.69) is 0 Å². The van der Waals surface area contributed by atoms with Crippen LogP contribution in [0.25, 0.3) is 0 Å². The quantitative estimate of drug-likeness (QED) is 0.653. The highest BCUT2D eigenvalue weighted by atomic mass is 35.5. The van der Waals surface area contributed by atoms with Gasteiger partial charge in [-0.15, -0.1) is 11.6 Å². The van der Waals surface area contributed by atoms with Gasteiger partial charge in [0.25, 0.3) is 0 Å². The van der Waals surface area contributed by atoms with Crippen molar-refractivity contribution in [2.45, 2.75) is 12.5 Å². The Kier molecular flexibility index (Phi) is 4.92. The predicted octanol–water partition coefficient (Wildman–Crippen LogP) is 0.639. The van der Waals surface area contributed by atoms with Crippen molar-refractivity contribution in [3.05, 3.63) is 0 Å². The molecule has 72 valence electrons. The Bertz CT molecular complexity index is 115. The van der Waals surface area contributed by atoms with Gasteiger partial charge in [0.2, 0.25) is 0 Å². The fourth-order valence-corrected chi connectivity index (χ4v) is 1.22. The molecule has 1 heterocycles. The summed E-state index contributed by atoms with van der Waals surface area (Å²) in [5.41, 5.74) is 0. The zero-order valence-corrected chi connectivity index (χ0v) is 7.79. The Morgan fingerprint density at radius 1 is 1.67 bits per heavy atom. The minimum absolute atomic E-state index is 0.237. The van der Waals surface area contributed by atoms with Gasteiger partial charge in [0.15, 0.2) is 0 Å². The van der Waals surface area contributed by atoms with Crippen LogP contribution in [0, 0.1) is 5.92 Å². The molecule has 1 fully saturated rings. The SMILES string of the molecule is OC(CCl)COCC1CCOC1. The molecule has 0 radical (unpaired) electrons. The minimum Gasteiger partial charge on any atom is -0.389 e. The number of aliphatic hydroxyl groups excluding tert-OH is 1. The summed E-state index contributed by atoms with van der Waals surface area (Å²) in [5.74, 6) is 0.744. The van der Waals surface area contributed by atoms with Crippen molar-refractivity contribution in [3.8, 4) is 0 Å². The smallest absolute Gasteiger partial charge is 0.0908 e. The first-order valence-corrected chi connectivity index (χ1v) is 4.76. The van der Waals surface area contributed by atoms with Crippen LogP contribution >= 0.6 is 11.6 Å². The first-order valence-electron chi connectivity index (χ1n) is 4.22. The molecule has 0 aromatic heterocycles. The summed E-state index contributed by atoms with van der Waals surface area (Å²) in [6.07, 6.45) is 0.533. The van der Waals surface area contributed by atoms with E-state index in [4.69, 9.17) is 26.2 Å². The maximum atomic E-state index is 9.04. The molecule has 0 saturated carbocycles. The summed E-state index contributed by atoms with van der Waals surface area (Å²) in [7, 11) is 0. The molecular formula is C8H15ClO3. The van der Waals surface area contributed by atoms with Crippen LogP contribution < -0.4 is 0 Å². The van der Waals surface area contributed by atoms with Crippen molar-refractivity contribution in [3.63, 3.8) is 0 Å². The van der Waals surface area contributed by atoms with Crippen LogP contribution in [0.3, 0.4) is 0 Å². The van der Waals surface area contributed by atoms with Crippen LogP contribution in [-0.4, -0.2) is 43.5 Å². The molecule has 0 aromatic rings. The fourth-order valence-electron chi connectivity index (χ4n) is 1.13. The summed E-state index contributed by atoms with van der Waals surface area (Å²) < 4.78 is 10.4. The summed E-state index contributed by atoms with van der Waals surface area (Å²) in [6.45, 7) is 2.64. The van der Waals surface area contributed by atoms with Crippen molar-refractivity contribution < 1.29 is 14.6 Å². The number of ether oxygens (including phenoxy) is 2. The highest BCUT2D eigenvalue weighted by molar-refractivity contribution is 6.18. The Morgan fingerprint density at radius 2 is 2.50 bits per heavy atom. The van der Waals surface area contributed by atoms with Gasteiger partial charge in [0, 0.05) is 12.5 Å². The van der Waals surface area contributed by atoms with Gasteiger partial charge in [0.1, 0.15) is 0 Å². The van der Waals surface area contributed by atoms with Crippen LogP contribution in [0.15, 0.2) is 0 Å². The molecule has 12 heavy (non-hydrogen) atoms. The predicted molar refractivity (Wildman–Crippen MR) is 46.5 cm³/mol. The molecule has 0 aliphatic carbocycles. The van der Waals surface area contributed by atoms with Crippen LogP contribution in [0.5, 0.6) is 0 Å². The maximum absolute atomic E-state index is 9.04. The van der Waals surface area contributed by atoms with E-state index >= 15 is 0 Å². The van der Waals surface area contributed by atoms with Crippen LogP contribution in [0.1, 0.15) is 6.42 Å². The highest BCUT2D eigenvalue weighted by Gasteiger charge is 2.15. The van der Waals surface area contributed by atoms with Crippen molar-refractivity contribution in [2.75, 3.05) is 32.3 Å². The van der Waals surface area contributed by atoms with Crippen molar-refractivity contribution in [2.24, 2.45) is 5.92 Å². The zero-order valence-electron chi connectivity index (χ0n) is 7.04. The molecule has 0 amide bonds. The molecule has 2 unspecified atom stereocenters. The van der Waals surface area contributed by atoms with E-state index in [1.54, 1.807) is 0 Å². The number of hydrogen-bond donors (Lipinski definition) is 1. The van der Waals surface area contributed by atoms with E-state index in [1.165, 1.54) is 0 Å². The van der Waals surface area contributed by atoms with Gasteiger partial charge < -0.3 is 14.6 Å². The third-order valence-electron chi connectivity index (χ3n) is 1.87. The summed E-state index contributed by atoms with van der Waals surface area (Å²) in [6, 6.07) is 0. The molecule has 1 aliphatic rings. The van der Waals surface area contributed by atoms with Gasteiger partial charge in [-0.2, -0.15) is 0 Å². The fraction of sp³-hybridized carbons (Fsp3) is 1.00. The zero-order chi connectivity index (χ0) is 8.81. The Morgan fingerprint density at radius 3 is 3.08 bits per heavy atom. The molecule has 3 nitrogen and oxygen atoms in total. The third kappa shape index (κ3) is 3.72. The molecule has 4 heteroatoms. The van der Waals surface area contributed by atoms with E-state index in [-0.39, 0.29) is 5.88 Å². The van der Waals surface area contributed by atoms with Crippen molar-refractivity contribution in [1.82, 2.24) is 0 Å². The molecule has 0 spiro atoms. The van der Waals surface area contributed by atoms with Gasteiger partial charge in [-0.1, -0.05) is 0 Å². The normalized spacial score (nSPS) is 26.0. The molecule has 0 bridgehead atoms. The van der Waals surface area contributed by atoms with Crippen molar-refractivity contribution >= 4 is 11.6 Å². The standard InChI is InChI=1S/C8H15ClO3/c9-3-8(10)6-12-5-7-1-2-11-4-7/h7-8,10H,1-6H2. The van der Waals surface area contributed by atoms with Gasteiger partial charge in [0.05, 0.1) is 31.8 Å². The van der Waals surface area contributed by atoms with E-state index in [0.29, 0.717) is 19.1 Å². The van der Waals surface area contributed by atoms with E-state index in [1.807, 2.05) is 0 Å². The van der Waals surface area contributed by atoms with Gasteiger partial charge in [-0.05, 0) is 6.42 Å². The Labute approximate surface area is 77.6 Å². The second kappa shape index (κ2) is 5.75. The van der Waals surface area contributed by atoms with Crippen LogP contribution in [-0.2, 0) is 9.47 Å². The number of rotatable bonds is 5. The number of hydrogen-bond acceptors (Lipinski definition) is 3. The second-order valence-electron chi connectivity index (χ2n) is 3.08. The third-order valence-corrected chi connectivity index (χ3v) is 2.22. The van der Waals surface area contributed by atoms with Crippen molar-refractivity contribution in [1.29, 1.82) is 0 Å². The number of alkyl halides is 1. The molecule has 1 N–H and O–H groups in total. The largest absolute Gasteiger partial charge is 0.389 e. The monoisotopic (exact) mass is 194 g/mol. The summed E-state index contributed by atoms with van der Waals surface area (Å²) in [4.78, 5) is 0. The Balaban J connectivity index is 1.94. The average molecular weight is 195 g/mol. The maximum Gasteiger partial charge on any atom is 0.0908 e. The second-order valence-corrected chi connectivity index (χ2v) is 3.38. The van der Waals surface area contributed by atoms with Gasteiger partial charge in [-0.25, -0.2) is 0 Å². The lowest BCUT2D eigenvalue weighted by Gasteiger charge is -2.10. The highest BCUT2D eigenvalue weighted by Crippen LogP contribution is 2.12. The topological polar surface area (TPSA) is 38.7 Å². The van der Waals surface area contributed by atoms with E-state index < -0.39 is 6.10 Å². The van der Waals surface area contributed by atoms with E-state index in [0.717, 1.165) is 19.6 Å². The summed E-state index contributed by atoms with van der Waals surface area (Å²) >= 11 is 5.39. The first kappa shape index (κ1) is 10.3. The molecule has 1 aliphatic heterocycles. The first-order chi connectivity index (χ1) is 5.83. The molecule has 2 atom stereocenters. The number of aliphatic hydroxyl groups is 1. The molecule has 1 rings (SSSR count). The lowest BCUT2D eigenvalue weighted by atomic mass is 10.1. The average Bonchev–Trinajstić information content (AvgIpc) is 2.57. The number of halogens is 1. The van der Waals surface area contributed by atoms with E-state index in [9.17, 15) is 0 Å². The van der Waals surface area contributed by atoms with Crippen LogP contribution in [0.2, 0.25) is 0 Å². The van der Waals surface area contributed by atoms with Gasteiger partial charge >= 0.3 is 0 Å². The summed E-state index contributed by atoms with van der Waals surface area (Å²) in [5, 5.41) is 9.04. The molecule has 0 aromatic carbocycles. The molecule has 1 saturated heterocycles. The lowest BCUT2D eigenvalue weighted by Crippen LogP contribution is -2.20.